The Morgan fingerprint density at radius 1 is 1.29 bits per heavy atom. The Kier molecular flexibility index (Phi) is 5.37. The van der Waals surface area contributed by atoms with Gasteiger partial charge in [-0.15, -0.1) is 0 Å². The minimum absolute atomic E-state index is 0.104. The lowest BCUT2D eigenvalue weighted by Gasteiger charge is -2.20. The van der Waals surface area contributed by atoms with Gasteiger partial charge in [-0.3, -0.25) is 4.90 Å². The highest BCUT2D eigenvalue weighted by Gasteiger charge is 2.29. The molecule has 0 atom stereocenters. The molecule has 2 rings (SSSR count). The molecule has 1 aliphatic rings. The van der Waals surface area contributed by atoms with E-state index in [-0.39, 0.29) is 11.6 Å². The molecule has 1 aromatic heterocycles. The number of nitrogens with zero attached hydrogens (tertiary/aromatic N) is 4. The zero-order valence-corrected chi connectivity index (χ0v) is 13.5. The van der Waals surface area contributed by atoms with Crippen molar-refractivity contribution in [2.45, 2.75) is 31.8 Å². The summed E-state index contributed by atoms with van der Waals surface area (Å²) in [5.74, 6) is 0.716. The van der Waals surface area contributed by atoms with Gasteiger partial charge in [-0.05, 0) is 26.8 Å². The van der Waals surface area contributed by atoms with Crippen molar-refractivity contribution >= 4 is 10.0 Å². The second-order valence-electron chi connectivity index (χ2n) is 5.24. The third-order valence-corrected chi connectivity index (χ3v) is 5.63. The maximum absolute atomic E-state index is 12.7. The molecular formula is C13H24N4O3S. The van der Waals surface area contributed by atoms with Gasteiger partial charge < -0.3 is 9.67 Å². The van der Waals surface area contributed by atoms with Crippen LogP contribution in [-0.4, -0.2) is 71.6 Å². The fourth-order valence-corrected chi connectivity index (χ4v) is 4.07. The Morgan fingerprint density at radius 2 is 2.05 bits per heavy atom. The third-order valence-electron chi connectivity index (χ3n) is 3.86. The van der Waals surface area contributed by atoms with Crippen LogP contribution in [0.15, 0.2) is 11.2 Å². The molecule has 1 fully saturated rings. The lowest BCUT2D eigenvalue weighted by Crippen LogP contribution is -2.36. The van der Waals surface area contributed by atoms with Crippen LogP contribution in [0, 0.1) is 6.92 Å². The quantitative estimate of drug-likeness (QED) is 0.821. The number of aromatic nitrogens is 2. The fourth-order valence-electron chi connectivity index (χ4n) is 2.61. The van der Waals surface area contributed by atoms with Crippen LogP contribution in [0.3, 0.4) is 0 Å². The van der Waals surface area contributed by atoms with Gasteiger partial charge in [0.25, 0.3) is 10.0 Å². The Balaban J connectivity index is 2.15. The van der Waals surface area contributed by atoms with E-state index in [1.54, 1.807) is 6.20 Å². The van der Waals surface area contributed by atoms with Crippen LogP contribution in [0.1, 0.15) is 19.2 Å². The average molecular weight is 316 g/mol. The van der Waals surface area contributed by atoms with E-state index in [1.165, 1.54) is 4.31 Å². The van der Waals surface area contributed by atoms with Crippen molar-refractivity contribution in [3.63, 3.8) is 0 Å². The number of hydrogen-bond acceptors (Lipinski definition) is 5. The molecule has 1 N–H and O–H groups in total. The van der Waals surface area contributed by atoms with Crippen LogP contribution in [-0.2, 0) is 16.6 Å². The lowest BCUT2D eigenvalue weighted by atomic mass is 10.4. The van der Waals surface area contributed by atoms with Crippen LogP contribution in [0.5, 0.6) is 0 Å². The largest absolute Gasteiger partial charge is 0.395 e. The van der Waals surface area contributed by atoms with Crippen LogP contribution < -0.4 is 0 Å². The smallest absolute Gasteiger partial charge is 0.262 e. The molecule has 1 saturated heterocycles. The summed E-state index contributed by atoms with van der Waals surface area (Å²) in [5, 5.41) is 9.12. The van der Waals surface area contributed by atoms with E-state index in [4.69, 9.17) is 5.11 Å². The maximum atomic E-state index is 12.7. The summed E-state index contributed by atoms with van der Waals surface area (Å²) < 4.78 is 28.7. The van der Waals surface area contributed by atoms with Gasteiger partial charge in [0.1, 0.15) is 5.82 Å². The van der Waals surface area contributed by atoms with Crippen molar-refractivity contribution in [2.24, 2.45) is 0 Å². The molecule has 0 bridgehead atoms. The SMILES string of the molecule is CCn1cc(S(=O)(=O)N2CCCN(CCO)CC2)nc1C. The summed E-state index contributed by atoms with van der Waals surface area (Å²) in [7, 11) is -3.52. The van der Waals surface area contributed by atoms with E-state index in [2.05, 4.69) is 9.88 Å². The number of rotatable bonds is 5. The highest BCUT2D eigenvalue weighted by molar-refractivity contribution is 7.89. The van der Waals surface area contributed by atoms with Gasteiger partial charge in [-0.2, -0.15) is 4.31 Å². The number of β-amino-alcohol motifs (C(OH)–C–C–N with tert-alkyl or cyclic N) is 1. The number of sulfonamides is 1. The first kappa shape index (κ1) is 16.4. The summed E-state index contributed by atoms with van der Waals surface area (Å²) in [4.78, 5) is 6.28. The molecule has 8 heteroatoms. The molecule has 0 spiro atoms. The fraction of sp³-hybridized carbons (Fsp3) is 0.769. The standard InChI is InChI=1S/C13H24N4O3S/c1-3-16-11-13(14-12(16)2)21(19,20)17-6-4-5-15(7-8-17)9-10-18/h11,18H,3-10H2,1-2H3. The van der Waals surface area contributed by atoms with Crippen molar-refractivity contribution in [1.82, 2.24) is 18.8 Å². The normalized spacial score (nSPS) is 18.8. The average Bonchev–Trinajstić information content (AvgIpc) is 2.68. The van der Waals surface area contributed by atoms with Gasteiger partial charge in [-0.1, -0.05) is 0 Å². The molecule has 21 heavy (non-hydrogen) atoms. The zero-order valence-electron chi connectivity index (χ0n) is 12.7. The molecular weight excluding hydrogens is 292 g/mol. The molecule has 0 saturated carbocycles. The van der Waals surface area contributed by atoms with Gasteiger partial charge in [-0.25, -0.2) is 13.4 Å². The highest BCUT2D eigenvalue weighted by Crippen LogP contribution is 2.17. The highest BCUT2D eigenvalue weighted by atomic mass is 32.2. The van der Waals surface area contributed by atoms with Crippen molar-refractivity contribution in [1.29, 1.82) is 0 Å². The summed E-state index contributed by atoms with van der Waals surface area (Å²) >= 11 is 0. The molecule has 1 aromatic rings. The van der Waals surface area contributed by atoms with Crippen molar-refractivity contribution in [3.8, 4) is 0 Å². The number of aliphatic hydroxyl groups is 1. The van der Waals surface area contributed by atoms with Gasteiger partial charge in [0.05, 0.1) is 6.61 Å². The number of imidazole rings is 1. The van der Waals surface area contributed by atoms with E-state index in [9.17, 15) is 8.42 Å². The predicted molar refractivity (Wildman–Crippen MR) is 79.5 cm³/mol. The van der Waals surface area contributed by atoms with E-state index < -0.39 is 10.0 Å². The Morgan fingerprint density at radius 3 is 2.67 bits per heavy atom. The van der Waals surface area contributed by atoms with Gasteiger partial charge >= 0.3 is 0 Å². The van der Waals surface area contributed by atoms with E-state index >= 15 is 0 Å². The number of aryl methyl sites for hydroxylation is 2. The summed E-state index contributed by atoms with van der Waals surface area (Å²) in [6, 6.07) is 0. The molecule has 0 unspecified atom stereocenters. The third kappa shape index (κ3) is 3.63. The Labute approximate surface area is 126 Å². The van der Waals surface area contributed by atoms with E-state index in [0.717, 1.165) is 13.0 Å². The molecule has 120 valence electrons. The summed E-state index contributed by atoms with van der Waals surface area (Å²) in [6.07, 6.45) is 2.38. The number of hydrogen-bond donors (Lipinski definition) is 1. The van der Waals surface area contributed by atoms with E-state index in [1.807, 2.05) is 18.4 Å². The first-order valence-corrected chi connectivity index (χ1v) is 8.80. The second-order valence-corrected chi connectivity index (χ2v) is 7.12. The molecule has 7 nitrogen and oxygen atoms in total. The first-order valence-electron chi connectivity index (χ1n) is 7.36. The molecule has 2 heterocycles. The van der Waals surface area contributed by atoms with Crippen molar-refractivity contribution in [2.75, 3.05) is 39.3 Å². The molecule has 0 amide bonds. The van der Waals surface area contributed by atoms with Crippen LogP contribution in [0.25, 0.3) is 0 Å². The van der Waals surface area contributed by atoms with Crippen LogP contribution in [0.4, 0.5) is 0 Å². The van der Waals surface area contributed by atoms with Gasteiger partial charge in [0.2, 0.25) is 0 Å². The lowest BCUT2D eigenvalue weighted by molar-refractivity contribution is 0.202. The Bertz CT molecular complexity index is 570. The summed E-state index contributed by atoms with van der Waals surface area (Å²) in [5.41, 5.74) is 0. The number of aliphatic hydroxyl groups excluding tert-OH is 1. The minimum Gasteiger partial charge on any atom is -0.395 e. The monoisotopic (exact) mass is 316 g/mol. The molecule has 0 aromatic carbocycles. The first-order chi connectivity index (χ1) is 9.98. The van der Waals surface area contributed by atoms with Gasteiger partial charge in [0, 0.05) is 38.9 Å². The molecule has 0 aliphatic carbocycles. The zero-order chi connectivity index (χ0) is 15.5. The summed E-state index contributed by atoms with van der Waals surface area (Å²) in [6.45, 7) is 7.59. The second kappa shape index (κ2) is 6.87. The predicted octanol–water partition coefficient (Wildman–Crippen LogP) is -0.0999. The molecule has 1 aliphatic heterocycles. The van der Waals surface area contributed by atoms with Crippen LogP contribution in [0.2, 0.25) is 0 Å². The van der Waals surface area contributed by atoms with Crippen molar-refractivity contribution < 1.29 is 13.5 Å². The van der Waals surface area contributed by atoms with E-state index in [0.29, 0.717) is 38.5 Å². The maximum Gasteiger partial charge on any atom is 0.262 e. The molecule has 0 radical (unpaired) electrons. The Hall–Kier alpha value is -0.960. The van der Waals surface area contributed by atoms with Crippen LogP contribution >= 0.6 is 0 Å². The topological polar surface area (TPSA) is 78.7 Å². The van der Waals surface area contributed by atoms with Gasteiger partial charge in [0.15, 0.2) is 5.03 Å². The minimum atomic E-state index is -3.52. The van der Waals surface area contributed by atoms with Crippen molar-refractivity contribution in [3.05, 3.63) is 12.0 Å².